The summed E-state index contributed by atoms with van der Waals surface area (Å²) in [6.07, 6.45) is 0. The highest BCUT2D eigenvalue weighted by molar-refractivity contribution is 14.0. The molecule has 1 aliphatic rings. The van der Waals surface area contributed by atoms with Crippen LogP contribution in [0.2, 0.25) is 5.02 Å². The highest BCUT2D eigenvalue weighted by Crippen LogP contribution is 2.12. The van der Waals surface area contributed by atoms with Gasteiger partial charge in [0.15, 0.2) is 5.96 Å². The molecule has 1 heterocycles. The second-order valence-electron chi connectivity index (χ2n) is 6.60. The van der Waals surface area contributed by atoms with Crippen LogP contribution in [0.4, 0.5) is 0 Å². The number of guanidine groups is 1. The molecule has 0 amide bonds. The summed E-state index contributed by atoms with van der Waals surface area (Å²) in [6.45, 7) is 8.52. The number of nitrogens with one attached hydrogen (secondary N) is 1. The van der Waals surface area contributed by atoms with E-state index in [-0.39, 0.29) is 24.0 Å². The number of halogens is 2. The molecule has 5 nitrogen and oxygen atoms in total. The Balaban J connectivity index is 0.00000312. The van der Waals surface area contributed by atoms with Gasteiger partial charge in [0.1, 0.15) is 0 Å². The lowest BCUT2D eigenvalue weighted by Gasteiger charge is -2.37. The predicted octanol–water partition coefficient (Wildman–Crippen LogP) is 2.60. The van der Waals surface area contributed by atoms with Crippen molar-refractivity contribution in [3.63, 3.8) is 0 Å². The highest BCUT2D eigenvalue weighted by atomic mass is 127. The number of likely N-dealkylation sites (N-methyl/N-ethyl adjacent to an activating group) is 1. The van der Waals surface area contributed by atoms with Gasteiger partial charge in [-0.15, -0.1) is 24.0 Å². The van der Waals surface area contributed by atoms with E-state index in [1.165, 1.54) is 5.56 Å². The fourth-order valence-electron chi connectivity index (χ4n) is 3.00. The van der Waals surface area contributed by atoms with Gasteiger partial charge in [-0.05, 0) is 31.7 Å². The summed E-state index contributed by atoms with van der Waals surface area (Å²) < 4.78 is 0. The lowest BCUT2D eigenvalue weighted by Crippen LogP contribution is -2.52. The molecule has 0 aliphatic carbocycles. The smallest absolute Gasteiger partial charge is 0.193 e. The number of hydrogen-bond acceptors (Lipinski definition) is 3. The average molecular weight is 480 g/mol. The van der Waals surface area contributed by atoms with Crippen LogP contribution in [0.5, 0.6) is 0 Å². The summed E-state index contributed by atoms with van der Waals surface area (Å²) >= 11 is 6.07. The summed E-state index contributed by atoms with van der Waals surface area (Å²) in [5, 5.41) is 4.27. The Morgan fingerprint density at radius 3 is 2.60 bits per heavy atom. The topological polar surface area (TPSA) is 34.1 Å². The average Bonchev–Trinajstić information content (AvgIpc) is 2.56. The molecule has 25 heavy (non-hydrogen) atoms. The van der Waals surface area contributed by atoms with Crippen molar-refractivity contribution in [3.8, 4) is 0 Å². The molecule has 1 saturated heterocycles. The maximum Gasteiger partial charge on any atom is 0.193 e. The minimum absolute atomic E-state index is 0. The van der Waals surface area contributed by atoms with Crippen molar-refractivity contribution in [3.05, 3.63) is 34.9 Å². The molecule has 0 spiro atoms. The number of nitrogens with zero attached hydrogens (tertiary/aromatic N) is 4. The largest absolute Gasteiger partial charge is 0.355 e. The van der Waals surface area contributed by atoms with Crippen molar-refractivity contribution in [2.45, 2.75) is 19.5 Å². The molecule has 1 aliphatic heterocycles. The Kier molecular flexibility index (Phi) is 10.1. The van der Waals surface area contributed by atoms with Gasteiger partial charge in [0.05, 0.1) is 0 Å². The third-order valence-corrected chi connectivity index (χ3v) is 4.83. The van der Waals surface area contributed by atoms with Crippen molar-refractivity contribution in [2.24, 2.45) is 4.99 Å². The molecule has 1 N–H and O–H groups in total. The van der Waals surface area contributed by atoms with Gasteiger partial charge in [0.2, 0.25) is 0 Å². The molecule has 1 aromatic carbocycles. The van der Waals surface area contributed by atoms with E-state index in [1.807, 2.05) is 25.2 Å². The van der Waals surface area contributed by atoms with Gasteiger partial charge in [0.25, 0.3) is 0 Å². The van der Waals surface area contributed by atoms with Crippen LogP contribution in [0.1, 0.15) is 12.5 Å². The zero-order chi connectivity index (χ0) is 17.5. The standard InChI is InChI=1S/C18H30ClN5.HI/c1-15(24-10-8-22(3)9-11-24)13-21-18(20-2)23(4)14-16-6-5-7-17(19)12-16;/h5-7,12,15H,8-11,13-14H2,1-4H3,(H,20,21);1H. The summed E-state index contributed by atoms with van der Waals surface area (Å²) in [7, 11) is 6.07. The lowest BCUT2D eigenvalue weighted by atomic mass is 10.2. The maximum atomic E-state index is 6.07. The Bertz CT molecular complexity index is 546. The molecule has 0 saturated carbocycles. The zero-order valence-electron chi connectivity index (χ0n) is 15.7. The monoisotopic (exact) mass is 479 g/mol. The number of hydrogen-bond donors (Lipinski definition) is 1. The van der Waals surface area contributed by atoms with Crippen LogP contribution in [0, 0.1) is 0 Å². The maximum absolute atomic E-state index is 6.07. The van der Waals surface area contributed by atoms with E-state index in [0.717, 1.165) is 50.3 Å². The Morgan fingerprint density at radius 1 is 1.32 bits per heavy atom. The van der Waals surface area contributed by atoms with E-state index in [4.69, 9.17) is 11.6 Å². The van der Waals surface area contributed by atoms with E-state index in [0.29, 0.717) is 6.04 Å². The molecule has 0 aromatic heterocycles. The van der Waals surface area contributed by atoms with Crippen molar-refractivity contribution in [1.82, 2.24) is 20.0 Å². The lowest BCUT2D eigenvalue weighted by molar-refractivity contribution is 0.119. The number of benzene rings is 1. The first-order chi connectivity index (χ1) is 11.5. The van der Waals surface area contributed by atoms with Crippen LogP contribution in [-0.2, 0) is 6.54 Å². The minimum atomic E-state index is 0. The molecular formula is C18H31ClIN5. The first kappa shape index (κ1) is 22.5. The second-order valence-corrected chi connectivity index (χ2v) is 7.04. The van der Waals surface area contributed by atoms with Gasteiger partial charge in [-0.3, -0.25) is 9.89 Å². The predicted molar refractivity (Wildman–Crippen MR) is 118 cm³/mol. The fraction of sp³-hybridized carbons (Fsp3) is 0.611. The Morgan fingerprint density at radius 2 is 2.00 bits per heavy atom. The molecule has 2 rings (SSSR count). The van der Waals surface area contributed by atoms with Gasteiger partial charge < -0.3 is 15.1 Å². The first-order valence-corrected chi connectivity index (χ1v) is 8.96. The quantitative estimate of drug-likeness (QED) is 0.400. The summed E-state index contributed by atoms with van der Waals surface area (Å²) in [6, 6.07) is 8.46. The van der Waals surface area contributed by atoms with Crippen LogP contribution in [0.3, 0.4) is 0 Å². The molecule has 1 unspecified atom stereocenters. The molecule has 142 valence electrons. The molecule has 0 bridgehead atoms. The molecule has 7 heteroatoms. The van der Waals surface area contributed by atoms with E-state index in [1.54, 1.807) is 0 Å². The van der Waals surface area contributed by atoms with E-state index < -0.39 is 0 Å². The molecule has 1 aromatic rings. The van der Waals surface area contributed by atoms with E-state index in [2.05, 4.69) is 52.1 Å². The third-order valence-electron chi connectivity index (χ3n) is 4.60. The highest BCUT2D eigenvalue weighted by Gasteiger charge is 2.19. The summed E-state index contributed by atoms with van der Waals surface area (Å²) in [5.74, 6) is 0.913. The van der Waals surface area contributed by atoms with E-state index >= 15 is 0 Å². The van der Waals surface area contributed by atoms with Crippen LogP contribution in [0.15, 0.2) is 29.3 Å². The Hall–Kier alpha value is -0.570. The number of piperazine rings is 1. The van der Waals surface area contributed by atoms with Gasteiger partial charge in [-0.2, -0.15) is 0 Å². The van der Waals surface area contributed by atoms with Crippen LogP contribution in [0.25, 0.3) is 0 Å². The SMILES string of the molecule is CN=C(NCC(C)N1CCN(C)CC1)N(C)Cc1cccc(Cl)c1.I. The normalized spacial score (nSPS) is 17.7. The minimum Gasteiger partial charge on any atom is -0.355 e. The van der Waals surface area contributed by atoms with Gasteiger partial charge in [-0.1, -0.05) is 23.7 Å². The van der Waals surface area contributed by atoms with Gasteiger partial charge >= 0.3 is 0 Å². The van der Waals surface area contributed by atoms with Gasteiger partial charge in [-0.25, -0.2) is 0 Å². The number of aliphatic imine (C=N–C) groups is 1. The summed E-state index contributed by atoms with van der Waals surface area (Å²) in [5.41, 5.74) is 1.18. The fourth-order valence-corrected chi connectivity index (χ4v) is 3.21. The van der Waals surface area contributed by atoms with Crippen molar-refractivity contribution < 1.29 is 0 Å². The Labute approximate surface area is 174 Å². The third kappa shape index (κ3) is 7.29. The zero-order valence-corrected chi connectivity index (χ0v) is 18.8. The van der Waals surface area contributed by atoms with Crippen molar-refractivity contribution in [2.75, 3.05) is 53.9 Å². The van der Waals surface area contributed by atoms with E-state index in [9.17, 15) is 0 Å². The summed E-state index contributed by atoms with van der Waals surface area (Å²) in [4.78, 5) is 11.5. The number of rotatable bonds is 5. The molecule has 1 atom stereocenters. The molecule has 0 radical (unpaired) electrons. The van der Waals surface area contributed by atoms with Gasteiger partial charge in [0, 0.05) is 64.4 Å². The van der Waals surface area contributed by atoms with Crippen LogP contribution in [-0.4, -0.2) is 80.6 Å². The van der Waals surface area contributed by atoms with Crippen LogP contribution < -0.4 is 5.32 Å². The first-order valence-electron chi connectivity index (χ1n) is 8.58. The second kappa shape index (κ2) is 11.2. The van der Waals surface area contributed by atoms with Crippen LogP contribution >= 0.6 is 35.6 Å². The molecule has 1 fully saturated rings. The van der Waals surface area contributed by atoms with Crippen molar-refractivity contribution >= 4 is 41.5 Å². The molecular weight excluding hydrogens is 449 g/mol. The van der Waals surface area contributed by atoms with Crippen molar-refractivity contribution in [1.29, 1.82) is 0 Å².